The van der Waals surface area contributed by atoms with Crippen LogP contribution in [0.5, 0.6) is 0 Å². The van der Waals surface area contributed by atoms with E-state index >= 15 is 0 Å². The third kappa shape index (κ3) is 8.04. The Morgan fingerprint density at radius 2 is 1.83 bits per heavy atom. The molecule has 0 aliphatic carbocycles. The molecule has 2 N–H and O–H groups in total. The van der Waals surface area contributed by atoms with E-state index in [0.29, 0.717) is 18.2 Å². The average Bonchev–Trinajstić information content (AvgIpc) is 2.50. The molecule has 1 rings (SSSR count). The monoisotopic (exact) mass is 362 g/mol. The van der Waals surface area contributed by atoms with Crippen molar-refractivity contribution in [3.63, 3.8) is 0 Å². The number of thioether (sulfide) groups is 1. The molecule has 0 radical (unpaired) electrons. The second kappa shape index (κ2) is 10.9. The fourth-order valence-corrected chi connectivity index (χ4v) is 2.90. The third-order valence-electron chi connectivity index (χ3n) is 3.77. The predicted octanol–water partition coefficient (Wildman–Crippen LogP) is 3.81. The topological polar surface area (TPSA) is 46.3 Å². The maximum Gasteiger partial charge on any atom is 0.225 e. The van der Waals surface area contributed by atoms with Gasteiger partial charge in [-0.05, 0) is 36.6 Å². The summed E-state index contributed by atoms with van der Waals surface area (Å²) in [5, 5.41) is 0. The van der Waals surface area contributed by atoms with Crippen LogP contribution in [-0.2, 0) is 4.79 Å². The van der Waals surface area contributed by atoms with E-state index in [4.69, 9.17) is 5.73 Å². The van der Waals surface area contributed by atoms with Crippen molar-refractivity contribution in [1.29, 1.82) is 0 Å². The molecule has 3 nitrogen and oxygen atoms in total. The highest BCUT2D eigenvalue weighted by Gasteiger charge is 2.18. The molecule has 0 saturated carbocycles. The number of nitrogens with two attached hydrogens (primary N) is 1. The summed E-state index contributed by atoms with van der Waals surface area (Å²) in [5.74, 6) is 0.927. The van der Waals surface area contributed by atoms with Gasteiger partial charge in [0, 0.05) is 36.2 Å². The zero-order valence-corrected chi connectivity index (χ0v) is 15.9. The molecule has 0 fully saturated rings. The Morgan fingerprint density at radius 1 is 1.26 bits per heavy atom. The van der Waals surface area contributed by atoms with E-state index in [-0.39, 0.29) is 36.1 Å². The Hall–Kier alpha value is -0.780. The molecule has 0 saturated heterocycles. The molecule has 2 unspecified atom stereocenters. The van der Waals surface area contributed by atoms with Gasteiger partial charge in [0.1, 0.15) is 5.82 Å². The van der Waals surface area contributed by atoms with E-state index in [0.717, 1.165) is 11.3 Å². The molecule has 0 bridgehead atoms. The maximum atomic E-state index is 12.8. The second-order valence-electron chi connectivity index (χ2n) is 6.12. The highest BCUT2D eigenvalue weighted by Crippen LogP contribution is 2.21. The number of amides is 1. The van der Waals surface area contributed by atoms with Crippen LogP contribution in [0.4, 0.5) is 4.39 Å². The fourth-order valence-electron chi connectivity index (χ4n) is 1.99. The average molecular weight is 363 g/mol. The summed E-state index contributed by atoms with van der Waals surface area (Å²) in [7, 11) is 1.83. The Labute approximate surface area is 149 Å². The quantitative estimate of drug-likeness (QED) is 0.715. The lowest BCUT2D eigenvalue weighted by atomic mass is 10.0. The van der Waals surface area contributed by atoms with Crippen LogP contribution in [0, 0.1) is 17.7 Å². The van der Waals surface area contributed by atoms with Gasteiger partial charge >= 0.3 is 0 Å². The molecule has 23 heavy (non-hydrogen) atoms. The van der Waals surface area contributed by atoms with Gasteiger partial charge in [-0.2, -0.15) is 0 Å². The van der Waals surface area contributed by atoms with Gasteiger partial charge in [0.05, 0.1) is 0 Å². The van der Waals surface area contributed by atoms with E-state index in [1.807, 2.05) is 14.0 Å². The minimum absolute atomic E-state index is 0. The van der Waals surface area contributed by atoms with Crippen LogP contribution in [-0.4, -0.2) is 36.2 Å². The molecular formula is C17H28ClFN2OS. The van der Waals surface area contributed by atoms with Crippen molar-refractivity contribution in [3.05, 3.63) is 30.1 Å². The van der Waals surface area contributed by atoms with E-state index in [1.54, 1.807) is 28.8 Å². The van der Waals surface area contributed by atoms with E-state index in [9.17, 15) is 9.18 Å². The number of benzene rings is 1. The van der Waals surface area contributed by atoms with Crippen molar-refractivity contribution in [2.75, 3.05) is 19.3 Å². The number of nitrogens with zero attached hydrogens (tertiary/aromatic N) is 1. The van der Waals surface area contributed by atoms with Crippen LogP contribution in [0.15, 0.2) is 29.2 Å². The van der Waals surface area contributed by atoms with Crippen molar-refractivity contribution in [2.24, 2.45) is 17.6 Å². The van der Waals surface area contributed by atoms with Crippen LogP contribution in [0.3, 0.4) is 0 Å². The molecule has 2 atom stereocenters. The minimum Gasteiger partial charge on any atom is -0.345 e. The Kier molecular flexibility index (Phi) is 10.5. The number of carbonyl (C=O) groups excluding carboxylic acids is 1. The molecule has 0 aliphatic rings. The van der Waals surface area contributed by atoms with Crippen molar-refractivity contribution in [2.45, 2.75) is 38.1 Å². The zero-order chi connectivity index (χ0) is 16.7. The molecule has 1 amide bonds. The van der Waals surface area contributed by atoms with Gasteiger partial charge in [-0.25, -0.2) is 4.39 Å². The summed E-state index contributed by atoms with van der Waals surface area (Å²) in [5.41, 5.74) is 6.02. The number of hydrogen-bond acceptors (Lipinski definition) is 3. The van der Waals surface area contributed by atoms with E-state index in [1.165, 1.54) is 12.1 Å². The number of rotatable bonds is 8. The summed E-state index contributed by atoms with van der Waals surface area (Å²) in [4.78, 5) is 15.1. The van der Waals surface area contributed by atoms with Gasteiger partial charge in [-0.15, -0.1) is 24.2 Å². The van der Waals surface area contributed by atoms with Crippen LogP contribution >= 0.6 is 24.2 Å². The molecule has 1 aromatic rings. The number of halogens is 2. The van der Waals surface area contributed by atoms with Crippen LogP contribution in [0.2, 0.25) is 0 Å². The van der Waals surface area contributed by atoms with Gasteiger partial charge in [0.25, 0.3) is 0 Å². The molecule has 6 heteroatoms. The molecule has 1 aromatic carbocycles. The summed E-state index contributed by atoms with van der Waals surface area (Å²) >= 11 is 1.57. The zero-order valence-electron chi connectivity index (χ0n) is 14.3. The molecule has 132 valence electrons. The van der Waals surface area contributed by atoms with Crippen molar-refractivity contribution >= 4 is 30.1 Å². The highest BCUT2D eigenvalue weighted by atomic mass is 35.5. The summed E-state index contributed by atoms with van der Waals surface area (Å²) in [6, 6.07) is 6.48. The first-order chi connectivity index (χ1) is 10.3. The first-order valence-corrected chi connectivity index (χ1v) is 8.68. The van der Waals surface area contributed by atoms with Gasteiger partial charge in [-0.3, -0.25) is 4.79 Å². The maximum absolute atomic E-state index is 12.8. The van der Waals surface area contributed by atoms with Gasteiger partial charge < -0.3 is 10.6 Å². The largest absolute Gasteiger partial charge is 0.345 e. The van der Waals surface area contributed by atoms with Crippen LogP contribution in [0.25, 0.3) is 0 Å². The lowest BCUT2D eigenvalue weighted by molar-refractivity contribution is -0.133. The van der Waals surface area contributed by atoms with Crippen molar-refractivity contribution in [3.8, 4) is 0 Å². The van der Waals surface area contributed by atoms with E-state index in [2.05, 4.69) is 13.8 Å². The third-order valence-corrected chi connectivity index (χ3v) is 5.04. The smallest absolute Gasteiger partial charge is 0.225 e. The SMILES string of the molecule is CC(CSc1ccc(F)cc1)C(=O)N(C)CCC(N)C(C)C.Cl. The Morgan fingerprint density at radius 3 is 2.35 bits per heavy atom. The number of carbonyl (C=O) groups is 1. The first kappa shape index (κ1) is 22.2. The van der Waals surface area contributed by atoms with E-state index < -0.39 is 0 Å². The predicted molar refractivity (Wildman–Crippen MR) is 98.6 cm³/mol. The molecule has 0 spiro atoms. The lowest BCUT2D eigenvalue weighted by Crippen LogP contribution is -2.37. The highest BCUT2D eigenvalue weighted by molar-refractivity contribution is 7.99. The lowest BCUT2D eigenvalue weighted by Gasteiger charge is -2.24. The van der Waals surface area contributed by atoms with Crippen molar-refractivity contribution < 1.29 is 9.18 Å². The van der Waals surface area contributed by atoms with Gasteiger partial charge in [-0.1, -0.05) is 20.8 Å². The standard InChI is InChI=1S/C17H27FN2OS.ClH/c1-12(2)16(19)9-10-20(4)17(21)13(3)11-22-15-7-5-14(18)6-8-15;/h5-8,12-13,16H,9-11,19H2,1-4H3;1H. The normalized spacial score (nSPS) is 13.3. The Balaban J connectivity index is 0.00000484. The van der Waals surface area contributed by atoms with Crippen LogP contribution < -0.4 is 5.73 Å². The molecular weight excluding hydrogens is 335 g/mol. The molecule has 0 heterocycles. The van der Waals surface area contributed by atoms with Crippen LogP contribution in [0.1, 0.15) is 27.2 Å². The summed E-state index contributed by atoms with van der Waals surface area (Å²) in [6.07, 6.45) is 0.817. The van der Waals surface area contributed by atoms with Crippen molar-refractivity contribution in [1.82, 2.24) is 4.90 Å². The summed E-state index contributed by atoms with van der Waals surface area (Å²) in [6.45, 7) is 6.80. The Bertz CT molecular complexity index is 470. The molecule has 0 aromatic heterocycles. The minimum atomic E-state index is -0.241. The second-order valence-corrected chi connectivity index (χ2v) is 7.22. The van der Waals surface area contributed by atoms with Gasteiger partial charge in [0.2, 0.25) is 5.91 Å². The molecule has 0 aliphatic heterocycles. The number of hydrogen-bond donors (Lipinski definition) is 1. The van der Waals surface area contributed by atoms with Gasteiger partial charge in [0.15, 0.2) is 0 Å². The fraction of sp³-hybridized carbons (Fsp3) is 0.588. The summed E-state index contributed by atoms with van der Waals surface area (Å²) < 4.78 is 12.8. The first-order valence-electron chi connectivity index (χ1n) is 7.70.